The maximum Gasteiger partial charge on any atom is 0.522 e. The van der Waals surface area contributed by atoms with E-state index in [0.29, 0.717) is 11.3 Å². The zero-order valence-corrected chi connectivity index (χ0v) is 8.25. The molecule has 0 spiro atoms. The summed E-state index contributed by atoms with van der Waals surface area (Å²) >= 11 is 0. The van der Waals surface area contributed by atoms with E-state index in [0.717, 1.165) is 0 Å². The number of allylic oxidation sites excluding steroid dienone is 1. The highest BCUT2D eigenvalue weighted by Gasteiger charge is 2.44. The molecule has 0 bridgehead atoms. The summed E-state index contributed by atoms with van der Waals surface area (Å²) in [6.07, 6.45) is 0. The average molecular weight is 184 g/mol. The van der Waals surface area contributed by atoms with Crippen LogP contribution in [0.3, 0.4) is 0 Å². The van der Waals surface area contributed by atoms with Crippen molar-refractivity contribution in [3.63, 3.8) is 0 Å². The minimum atomic E-state index is -1.25. The van der Waals surface area contributed by atoms with E-state index >= 15 is 0 Å². The summed E-state index contributed by atoms with van der Waals surface area (Å²) in [5.74, 6) is -0.358. The second-order valence-corrected chi connectivity index (χ2v) is 3.32. The molecule has 1 N–H and O–H groups in total. The van der Waals surface area contributed by atoms with Gasteiger partial charge < -0.3 is 14.4 Å². The molecule has 1 atom stereocenters. The molecule has 1 aliphatic heterocycles. The average Bonchev–Trinajstić information content (AvgIpc) is 1.99. The van der Waals surface area contributed by atoms with Crippen molar-refractivity contribution in [1.82, 2.24) is 0 Å². The maximum absolute atomic E-state index is 11.0. The van der Waals surface area contributed by atoms with Crippen LogP contribution in [0.15, 0.2) is 11.3 Å². The highest BCUT2D eigenvalue weighted by molar-refractivity contribution is 6.43. The van der Waals surface area contributed by atoms with Crippen molar-refractivity contribution in [2.24, 2.45) is 0 Å². The Balaban J connectivity index is 3.10. The first-order chi connectivity index (χ1) is 5.88. The van der Waals surface area contributed by atoms with Gasteiger partial charge in [0.25, 0.3) is 0 Å². The quantitative estimate of drug-likeness (QED) is 0.623. The molecule has 5 heteroatoms. The summed E-state index contributed by atoms with van der Waals surface area (Å²) in [4.78, 5) is 11.0. The summed E-state index contributed by atoms with van der Waals surface area (Å²) in [5.41, 5.74) is -0.639. The Morgan fingerprint density at radius 2 is 2.08 bits per heavy atom. The fourth-order valence-electron chi connectivity index (χ4n) is 1.33. The standard InChI is InChI=1S/C8H13BO4/c1-5-6(2)12-9(4)13-8(5,3)7(10)11/h1-4H3,(H,10,11). The number of hydrogen-bond donors (Lipinski definition) is 1. The summed E-state index contributed by atoms with van der Waals surface area (Å²) in [6.45, 7) is 6.66. The Bertz CT molecular complexity index is 273. The van der Waals surface area contributed by atoms with Crippen LogP contribution in [0.25, 0.3) is 0 Å². The summed E-state index contributed by atoms with van der Waals surface area (Å²) < 4.78 is 10.5. The van der Waals surface area contributed by atoms with Crippen molar-refractivity contribution < 1.29 is 19.2 Å². The normalized spacial score (nSPS) is 28.8. The predicted octanol–water partition coefficient (Wildman–Crippen LogP) is 1.29. The van der Waals surface area contributed by atoms with E-state index in [9.17, 15) is 4.79 Å². The van der Waals surface area contributed by atoms with E-state index in [4.69, 9.17) is 14.4 Å². The van der Waals surface area contributed by atoms with Crippen LogP contribution in [0.5, 0.6) is 0 Å². The lowest BCUT2D eigenvalue weighted by molar-refractivity contribution is -0.152. The molecule has 0 fully saturated rings. The lowest BCUT2D eigenvalue weighted by Crippen LogP contribution is -2.47. The Kier molecular flexibility index (Phi) is 2.39. The van der Waals surface area contributed by atoms with Crippen LogP contribution >= 0.6 is 0 Å². The van der Waals surface area contributed by atoms with Gasteiger partial charge in [0.15, 0.2) is 5.60 Å². The molecule has 13 heavy (non-hydrogen) atoms. The highest BCUT2D eigenvalue weighted by atomic mass is 16.6. The molecular weight excluding hydrogens is 171 g/mol. The van der Waals surface area contributed by atoms with Crippen LogP contribution < -0.4 is 0 Å². The summed E-state index contributed by atoms with van der Waals surface area (Å²) in [6, 6.07) is 0. The SMILES string of the molecule is CB1OC(C)=C(C)C(C)(C(=O)O)O1. The van der Waals surface area contributed by atoms with Crippen molar-refractivity contribution in [2.45, 2.75) is 33.2 Å². The molecule has 0 aliphatic carbocycles. The number of rotatable bonds is 1. The molecule has 0 aromatic rings. The fraction of sp³-hybridized carbons (Fsp3) is 0.625. The molecule has 0 amide bonds. The maximum atomic E-state index is 11.0. The van der Waals surface area contributed by atoms with Gasteiger partial charge in [0, 0.05) is 5.57 Å². The van der Waals surface area contributed by atoms with Crippen LogP contribution in [0.1, 0.15) is 20.8 Å². The van der Waals surface area contributed by atoms with E-state index < -0.39 is 18.7 Å². The fourth-order valence-corrected chi connectivity index (χ4v) is 1.33. The van der Waals surface area contributed by atoms with Gasteiger partial charge in [-0.3, -0.25) is 0 Å². The third kappa shape index (κ3) is 1.56. The first-order valence-electron chi connectivity index (χ1n) is 4.13. The number of hydrogen-bond acceptors (Lipinski definition) is 3. The minimum absolute atomic E-state index is 0.509. The minimum Gasteiger partial charge on any atom is -0.540 e. The molecule has 4 nitrogen and oxygen atoms in total. The molecule has 0 radical (unpaired) electrons. The molecule has 0 aromatic carbocycles. The number of carboxylic acids is 1. The third-order valence-corrected chi connectivity index (χ3v) is 2.40. The first kappa shape index (κ1) is 10.1. The van der Waals surface area contributed by atoms with Gasteiger partial charge in [-0.2, -0.15) is 0 Å². The molecule has 0 aromatic heterocycles. The van der Waals surface area contributed by atoms with Gasteiger partial charge in [0.2, 0.25) is 0 Å². The van der Waals surface area contributed by atoms with Crippen LogP contribution in [0.2, 0.25) is 6.82 Å². The zero-order valence-electron chi connectivity index (χ0n) is 8.25. The van der Waals surface area contributed by atoms with Crippen molar-refractivity contribution in [3.8, 4) is 0 Å². The Morgan fingerprint density at radius 3 is 2.54 bits per heavy atom. The van der Waals surface area contributed by atoms with Gasteiger partial charge in [0.05, 0.1) is 5.76 Å². The second-order valence-electron chi connectivity index (χ2n) is 3.32. The van der Waals surface area contributed by atoms with Gasteiger partial charge in [-0.1, -0.05) is 0 Å². The van der Waals surface area contributed by atoms with Gasteiger partial charge in [-0.15, -0.1) is 0 Å². The van der Waals surface area contributed by atoms with Crippen molar-refractivity contribution in [2.75, 3.05) is 0 Å². The van der Waals surface area contributed by atoms with Gasteiger partial charge in [-0.25, -0.2) is 4.79 Å². The molecule has 1 unspecified atom stereocenters. The third-order valence-electron chi connectivity index (χ3n) is 2.40. The Labute approximate surface area is 77.7 Å². The number of carbonyl (C=O) groups is 1. The lowest BCUT2D eigenvalue weighted by Gasteiger charge is -2.34. The second kappa shape index (κ2) is 3.07. The zero-order chi connectivity index (χ0) is 10.2. The molecule has 1 aliphatic rings. The van der Waals surface area contributed by atoms with E-state index in [1.165, 1.54) is 6.92 Å². The Morgan fingerprint density at radius 1 is 1.54 bits per heavy atom. The van der Waals surface area contributed by atoms with Crippen LogP contribution in [0, 0.1) is 0 Å². The highest BCUT2D eigenvalue weighted by Crippen LogP contribution is 2.30. The summed E-state index contributed by atoms with van der Waals surface area (Å²) in [5, 5.41) is 8.99. The monoisotopic (exact) mass is 184 g/mol. The number of aliphatic carboxylic acids is 1. The predicted molar refractivity (Wildman–Crippen MR) is 48.2 cm³/mol. The van der Waals surface area contributed by atoms with Crippen LogP contribution in [0.4, 0.5) is 0 Å². The largest absolute Gasteiger partial charge is 0.540 e. The number of carboxylic acid groups (broad SMARTS) is 1. The van der Waals surface area contributed by atoms with E-state index in [2.05, 4.69) is 0 Å². The van der Waals surface area contributed by atoms with E-state index in [1.807, 2.05) is 0 Å². The first-order valence-corrected chi connectivity index (χ1v) is 4.13. The Hall–Kier alpha value is -0.965. The molecule has 0 saturated carbocycles. The summed E-state index contributed by atoms with van der Waals surface area (Å²) in [7, 11) is -0.509. The molecule has 0 saturated heterocycles. The van der Waals surface area contributed by atoms with Crippen molar-refractivity contribution >= 4 is 13.1 Å². The van der Waals surface area contributed by atoms with Gasteiger partial charge in [-0.05, 0) is 27.6 Å². The molecule has 1 rings (SSSR count). The smallest absolute Gasteiger partial charge is 0.522 e. The van der Waals surface area contributed by atoms with Crippen molar-refractivity contribution in [3.05, 3.63) is 11.3 Å². The van der Waals surface area contributed by atoms with E-state index in [1.54, 1.807) is 20.7 Å². The topological polar surface area (TPSA) is 55.8 Å². The van der Waals surface area contributed by atoms with Crippen LogP contribution in [-0.4, -0.2) is 23.8 Å². The van der Waals surface area contributed by atoms with Gasteiger partial charge in [0.1, 0.15) is 0 Å². The lowest BCUT2D eigenvalue weighted by atomic mass is 9.85. The van der Waals surface area contributed by atoms with Crippen molar-refractivity contribution in [1.29, 1.82) is 0 Å². The molecule has 1 heterocycles. The van der Waals surface area contributed by atoms with Crippen LogP contribution in [-0.2, 0) is 14.1 Å². The molecule has 72 valence electrons. The molecular formula is C8H13BO4. The van der Waals surface area contributed by atoms with Gasteiger partial charge >= 0.3 is 13.1 Å². The van der Waals surface area contributed by atoms with E-state index in [-0.39, 0.29) is 0 Å².